The summed E-state index contributed by atoms with van der Waals surface area (Å²) < 4.78 is 16.7. The Kier molecular flexibility index (Phi) is 2.79. The molecule has 4 atom stereocenters. The molecule has 0 aromatic heterocycles. The number of nitrogens with two attached hydrogens (primary N) is 1. The number of epoxide rings is 1. The lowest BCUT2D eigenvalue weighted by molar-refractivity contribution is -0.0355. The SMILES string of the molecule is COC1CC(OCCN)CC2OC12C. The van der Waals surface area contributed by atoms with E-state index in [0.717, 1.165) is 12.8 Å². The van der Waals surface area contributed by atoms with Crippen molar-refractivity contribution in [2.45, 2.75) is 43.7 Å². The van der Waals surface area contributed by atoms with Crippen LogP contribution in [0.3, 0.4) is 0 Å². The van der Waals surface area contributed by atoms with Crippen molar-refractivity contribution < 1.29 is 14.2 Å². The third-order valence-electron chi connectivity index (χ3n) is 3.33. The minimum absolute atomic E-state index is 0.0443. The molecule has 1 saturated heterocycles. The van der Waals surface area contributed by atoms with Crippen LogP contribution in [0.4, 0.5) is 0 Å². The molecule has 2 aliphatic rings. The van der Waals surface area contributed by atoms with Gasteiger partial charge in [-0.25, -0.2) is 0 Å². The molecule has 2 fully saturated rings. The fourth-order valence-corrected chi connectivity index (χ4v) is 2.35. The van der Waals surface area contributed by atoms with Crippen LogP contribution < -0.4 is 5.73 Å². The first-order chi connectivity index (χ1) is 6.70. The van der Waals surface area contributed by atoms with E-state index in [1.54, 1.807) is 7.11 Å². The third-order valence-corrected chi connectivity index (χ3v) is 3.33. The van der Waals surface area contributed by atoms with E-state index in [0.29, 0.717) is 19.3 Å². The maximum atomic E-state index is 5.64. The van der Waals surface area contributed by atoms with E-state index in [1.165, 1.54) is 0 Å². The quantitative estimate of drug-likeness (QED) is 0.664. The summed E-state index contributed by atoms with van der Waals surface area (Å²) in [6.07, 6.45) is 2.65. The summed E-state index contributed by atoms with van der Waals surface area (Å²) in [7, 11) is 1.74. The molecular weight excluding hydrogens is 182 g/mol. The smallest absolute Gasteiger partial charge is 0.118 e. The molecule has 0 aromatic carbocycles. The van der Waals surface area contributed by atoms with E-state index in [4.69, 9.17) is 19.9 Å². The predicted molar refractivity (Wildman–Crippen MR) is 52.1 cm³/mol. The average molecular weight is 201 g/mol. The molecule has 1 aliphatic carbocycles. The molecule has 0 bridgehead atoms. The number of ether oxygens (including phenoxy) is 3. The highest BCUT2D eigenvalue weighted by Crippen LogP contribution is 2.49. The van der Waals surface area contributed by atoms with Gasteiger partial charge in [0, 0.05) is 26.5 Å². The summed E-state index contributed by atoms with van der Waals surface area (Å²) in [5, 5.41) is 0. The minimum atomic E-state index is -0.0443. The van der Waals surface area contributed by atoms with Gasteiger partial charge in [0.2, 0.25) is 0 Å². The monoisotopic (exact) mass is 201 g/mol. The van der Waals surface area contributed by atoms with Gasteiger partial charge in [0.1, 0.15) is 5.60 Å². The van der Waals surface area contributed by atoms with Crippen molar-refractivity contribution in [3.05, 3.63) is 0 Å². The molecule has 0 amide bonds. The lowest BCUT2D eigenvalue weighted by Gasteiger charge is -2.29. The summed E-state index contributed by atoms with van der Waals surface area (Å²) in [6, 6.07) is 0. The van der Waals surface area contributed by atoms with Gasteiger partial charge in [0.05, 0.1) is 24.9 Å². The number of fused-ring (bicyclic) bond motifs is 1. The zero-order valence-corrected chi connectivity index (χ0v) is 8.86. The molecule has 1 saturated carbocycles. The first kappa shape index (κ1) is 10.4. The second-order valence-corrected chi connectivity index (χ2v) is 4.27. The largest absolute Gasteiger partial charge is 0.378 e. The Balaban J connectivity index is 1.87. The molecule has 4 nitrogen and oxygen atoms in total. The number of hydrogen-bond acceptors (Lipinski definition) is 4. The van der Waals surface area contributed by atoms with E-state index < -0.39 is 0 Å². The maximum absolute atomic E-state index is 5.64. The van der Waals surface area contributed by atoms with Crippen molar-refractivity contribution >= 4 is 0 Å². The van der Waals surface area contributed by atoms with Crippen molar-refractivity contribution in [2.75, 3.05) is 20.3 Å². The molecular formula is C10H19NO3. The molecule has 82 valence electrons. The van der Waals surface area contributed by atoms with Crippen molar-refractivity contribution in [1.82, 2.24) is 0 Å². The Bertz CT molecular complexity index is 212. The lowest BCUT2D eigenvalue weighted by Crippen LogP contribution is -2.41. The van der Waals surface area contributed by atoms with Crippen LogP contribution in [-0.2, 0) is 14.2 Å². The summed E-state index contributed by atoms with van der Waals surface area (Å²) >= 11 is 0. The Hall–Kier alpha value is -0.160. The molecule has 0 spiro atoms. The molecule has 2 rings (SSSR count). The summed E-state index contributed by atoms with van der Waals surface area (Å²) in [4.78, 5) is 0. The van der Waals surface area contributed by atoms with E-state index in [-0.39, 0.29) is 17.8 Å². The molecule has 0 radical (unpaired) electrons. The molecule has 1 aliphatic heterocycles. The highest BCUT2D eigenvalue weighted by atomic mass is 16.6. The highest BCUT2D eigenvalue weighted by Gasteiger charge is 2.61. The van der Waals surface area contributed by atoms with Crippen LogP contribution in [0.15, 0.2) is 0 Å². The van der Waals surface area contributed by atoms with Gasteiger partial charge in [-0.1, -0.05) is 0 Å². The molecule has 1 heterocycles. The molecule has 14 heavy (non-hydrogen) atoms. The summed E-state index contributed by atoms with van der Waals surface area (Å²) in [5.41, 5.74) is 5.35. The fraction of sp³-hybridized carbons (Fsp3) is 1.00. The van der Waals surface area contributed by atoms with Crippen LogP contribution in [0.2, 0.25) is 0 Å². The van der Waals surface area contributed by atoms with Gasteiger partial charge in [0.25, 0.3) is 0 Å². The van der Waals surface area contributed by atoms with Crippen LogP contribution in [0.5, 0.6) is 0 Å². The second kappa shape index (κ2) is 3.77. The number of methoxy groups -OCH3 is 1. The van der Waals surface area contributed by atoms with Crippen molar-refractivity contribution in [1.29, 1.82) is 0 Å². The zero-order valence-electron chi connectivity index (χ0n) is 8.86. The Morgan fingerprint density at radius 2 is 2.29 bits per heavy atom. The first-order valence-corrected chi connectivity index (χ1v) is 5.23. The average Bonchev–Trinajstić information content (AvgIpc) is 2.85. The van der Waals surface area contributed by atoms with E-state index in [2.05, 4.69) is 6.92 Å². The van der Waals surface area contributed by atoms with Gasteiger partial charge in [-0.3, -0.25) is 0 Å². The predicted octanol–water partition coefficient (Wildman–Crippen LogP) is 0.297. The third kappa shape index (κ3) is 1.67. The normalized spacial score (nSPS) is 46.1. The standard InChI is InChI=1S/C10H19NO3/c1-10-8(12-2)5-7(13-4-3-11)6-9(10)14-10/h7-9H,3-6,11H2,1-2H3. The summed E-state index contributed by atoms with van der Waals surface area (Å²) in [5.74, 6) is 0. The van der Waals surface area contributed by atoms with E-state index >= 15 is 0 Å². The number of hydrogen-bond donors (Lipinski definition) is 1. The second-order valence-electron chi connectivity index (χ2n) is 4.27. The van der Waals surface area contributed by atoms with Crippen LogP contribution in [-0.4, -0.2) is 44.2 Å². The molecule has 0 aromatic rings. The maximum Gasteiger partial charge on any atom is 0.118 e. The molecule has 4 heteroatoms. The Labute approximate surface area is 84.7 Å². The van der Waals surface area contributed by atoms with Gasteiger partial charge >= 0.3 is 0 Å². The van der Waals surface area contributed by atoms with Crippen LogP contribution in [0.25, 0.3) is 0 Å². The van der Waals surface area contributed by atoms with Gasteiger partial charge in [-0.05, 0) is 6.92 Å². The summed E-state index contributed by atoms with van der Waals surface area (Å²) in [6.45, 7) is 3.33. The van der Waals surface area contributed by atoms with Crippen molar-refractivity contribution in [2.24, 2.45) is 5.73 Å². The Morgan fingerprint density at radius 1 is 1.50 bits per heavy atom. The Morgan fingerprint density at radius 3 is 2.93 bits per heavy atom. The molecule has 2 N–H and O–H groups in total. The highest BCUT2D eigenvalue weighted by molar-refractivity contribution is 5.10. The van der Waals surface area contributed by atoms with Crippen LogP contribution in [0, 0.1) is 0 Å². The van der Waals surface area contributed by atoms with Crippen LogP contribution in [0.1, 0.15) is 19.8 Å². The van der Waals surface area contributed by atoms with Gasteiger partial charge in [-0.15, -0.1) is 0 Å². The van der Waals surface area contributed by atoms with Gasteiger partial charge in [-0.2, -0.15) is 0 Å². The topological polar surface area (TPSA) is 57.0 Å². The zero-order chi connectivity index (χ0) is 10.2. The number of rotatable bonds is 4. The van der Waals surface area contributed by atoms with Gasteiger partial charge < -0.3 is 19.9 Å². The minimum Gasteiger partial charge on any atom is -0.378 e. The lowest BCUT2D eigenvalue weighted by atomic mass is 9.86. The van der Waals surface area contributed by atoms with Crippen molar-refractivity contribution in [3.8, 4) is 0 Å². The molecule has 4 unspecified atom stereocenters. The van der Waals surface area contributed by atoms with E-state index in [1.807, 2.05) is 0 Å². The van der Waals surface area contributed by atoms with Crippen molar-refractivity contribution in [3.63, 3.8) is 0 Å². The van der Waals surface area contributed by atoms with Crippen LogP contribution >= 0.6 is 0 Å². The first-order valence-electron chi connectivity index (χ1n) is 5.23. The van der Waals surface area contributed by atoms with E-state index in [9.17, 15) is 0 Å². The van der Waals surface area contributed by atoms with Gasteiger partial charge in [0.15, 0.2) is 0 Å². The fourth-order valence-electron chi connectivity index (χ4n) is 2.35.